The van der Waals surface area contributed by atoms with Gasteiger partial charge >= 0.3 is 0 Å². The third-order valence-electron chi connectivity index (χ3n) is 2.82. The lowest BCUT2D eigenvalue weighted by molar-refractivity contribution is 0.180. The number of hydrogen-bond donors (Lipinski definition) is 1. The van der Waals surface area contributed by atoms with Crippen molar-refractivity contribution in [1.29, 1.82) is 0 Å². The van der Waals surface area contributed by atoms with Crippen LogP contribution in [0.15, 0.2) is 17.6 Å². The van der Waals surface area contributed by atoms with Crippen LogP contribution in [0.5, 0.6) is 0 Å². The molecule has 1 unspecified atom stereocenters. The van der Waals surface area contributed by atoms with Crippen LogP contribution in [0.1, 0.15) is 42.1 Å². The first-order valence-electron chi connectivity index (χ1n) is 5.94. The highest BCUT2D eigenvalue weighted by molar-refractivity contribution is 7.10. The largest absolute Gasteiger partial charge is 0.387 e. The third kappa shape index (κ3) is 2.76. The molecule has 0 amide bonds. The first kappa shape index (κ1) is 13.6. The minimum Gasteiger partial charge on any atom is -0.387 e. The summed E-state index contributed by atoms with van der Waals surface area (Å²) in [5, 5.41) is 17.3. The number of halogens is 1. The molecule has 1 atom stereocenters. The van der Waals surface area contributed by atoms with Crippen molar-refractivity contribution in [3.05, 3.63) is 38.8 Å². The smallest absolute Gasteiger partial charge is 0.0953 e. The van der Waals surface area contributed by atoms with Gasteiger partial charge in [-0.2, -0.15) is 5.10 Å². The van der Waals surface area contributed by atoms with E-state index in [1.54, 1.807) is 0 Å². The van der Waals surface area contributed by atoms with Crippen molar-refractivity contribution < 1.29 is 5.11 Å². The second kappa shape index (κ2) is 5.43. The number of nitrogens with zero attached hydrogens (tertiary/aromatic N) is 2. The Bertz CT molecular complexity index is 533. The van der Waals surface area contributed by atoms with Gasteiger partial charge < -0.3 is 5.11 Å². The van der Waals surface area contributed by atoms with Crippen molar-refractivity contribution in [3.8, 4) is 0 Å². The molecule has 1 N–H and O–H groups in total. The summed E-state index contributed by atoms with van der Waals surface area (Å²) >= 11 is 7.65. The van der Waals surface area contributed by atoms with Gasteiger partial charge in [-0.25, -0.2) is 0 Å². The lowest BCUT2D eigenvalue weighted by atomic mass is 10.1. The van der Waals surface area contributed by atoms with Crippen molar-refractivity contribution in [2.24, 2.45) is 0 Å². The van der Waals surface area contributed by atoms with Crippen LogP contribution in [0, 0.1) is 6.92 Å². The quantitative estimate of drug-likeness (QED) is 0.928. The molecular formula is C13H17ClN2OS. The van der Waals surface area contributed by atoms with E-state index in [1.165, 1.54) is 11.3 Å². The van der Waals surface area contributed by atoms with Crippen LogP contribution in [0.25, 0.3) is 0 Å². The number of aromatic nitrogens is 2. The molecule has 0 aliphatic rings. The Kier molecular flexibility index (Phi) is 4.10. The van der Waals surface area contributed by atoms with Crippen molar-refractivity contribution >= 4 is 22.9 Å². The number of thiophene rings is 1. The molecule has 0 spiro atoms. The van der Waals surface area contributed by atoms with Crippen molar-refractivity contribution in [1.82, 2.24) is 9.78 Å². The van der Waals surface area contributed by atoms with Gasteiger partial charge in [0.05, 0.1) is 21.7 Å². The molecular weight excluding hydrogens is 268 g/mol. The van der Waals surface area contributed by atoms with Crippen LogP contribution in [0.2, 0.25) is 5.02 Å². The molecule has 0 aliphatic carbocycles. The summed E-state index contributed by atoms with van der Waals surface area (Å²) < 4.78 is 1.89. The second-order valence-corrected chi connectivity index (χ2v) is 5.99. The Morgan fingerprint density at radius 1 is 1.50 bits per heavy atom. The van der Waals surface area contributed by atoms with E-state index in [0.29, 0.717) is 17.5 Å². The summed E-state index contributed by atoms with van der Waals surface area (Å²) in [7, 11) is 0. The zero-order chi connectivity index (χ0) is 13.3. The molecule has 0 radical (unpaired) electrons. The Balaban J connectivity index is 2.11. The summed E-state index contributed by atoms with van der Waals surface area (Å²) in [5.74, 6) is 0. The van der Waals surface area contributed by atoms with E-state index < -0.39 is 6.10 Å². The summed E-state index contributed by atoms with van der Waals surface area (Å²) in [5.41, 5.74) is 1.90. The maximum absolute atomic E-state index is 10.2. The van der Waals surface area contributed by atoms with Gasteiger partial charge in [-0.1, -0.05) is 11.6 Å². The van der Waals surface area contributed by atoms with Gasteiger partial charge in [0.2, 0.25) is 0 Å². The summed E-state index contributed by atoms with van der Waals surface area (Å²) in [6, 6.07) is 2.28. The van der Waals surface area contributed by atoms with Crippen LogP contribution >= 0.6 is 22.9 Å². The minimum atomic E-state index is -0.577. The van der Waals surface area contributed by atoms with E-state index in [4.69, 9.17) is 11.6 Å². The molecule has 0 aromatic carbocycles. The third-order valence-corrected chi connectivity index (χ3v) is 4.64. The van der Waals surface area contributed by atoms with E-state index >= 15 is 0 Å². The van der Waals surface area contributed by atoms with Crippen molar-refractivity contribution in [2.75, 3.05) is 0 Å². The first-order chi connectivity index (χ1) is 8.49. The minimum absolute atomic E-state index is 0.337. The topological polar surface area (TPSA) is 38.0 Å². The number of aryl methyl sites for hydroxylation is 1. The fourth-order valence-electron chi connectivity index (χ4n) is 1.74. The van der Waals surface area contributed by atoms with Crippen LogP contribution in [-0.2, 0) is 6.42 Å². The Hall–Kier alpha value is -0.840. The normalized spacial score (nSPS) is 13.2. The SMILES string of the molecule is Cc1csc(C(O)Cc2ccn(C(C)C)n2)c1Cl. The van der Waals surface area contributed by atoms with Gasteiger partial charge in [0.25, 0.3) is 0 Å². The highest BCUT2D eigenvalue weighted by Crippen LogP contribution is 2.33. The predicted molar refractivity (Wildman–Crippen MR) is 75.3 cm³/mol. The average Bonchev–Trinajstić information content (AvgIpc) is 2.88. The molecule has 2 aromatic heterocycles. The number of aliphatic hydroxyl groups excluding tert-OH is 1. The molecule has 0 saturated heterocycles. The number of aliphatic hydroxyl groups is 1. The zero-order valence-electron chi connectivity index (χ0n) is 10.7. The maximum Gasteiger partial charge on any atom is 0.0953 e. The van der Waals surface area contributed by atoms with E-state index in [-0.39, 0.29) is 0 Å². The van der Waals surface area contributed by atoms with E-state index in [1.807, 2.05) is 29.2 Å². The number of hydrogen-bond acceptors (Lipinski definition) is 3. The Morgan fingerprint density at radius 3 is 2.72 bits per heavy atom. The number of rotatable bonds is 4. The van der Waals surface area contributed by atoms with Crippen molar-refractivity contribution in [3.63, 3.8) is 0 Å². The van der Waals surface area contributed by atoms with Gasteiger partial charge in [0, 0.05) is 18.7 Å². The molecule has 0 aliphatic heterocycles. The van der Waals surface area contributed by atoms with E-state index in [2.05, 4.69) is 18.9 Å². The molecule has 5 heteroatoms. The molecule has 2 heterocycles. The van der Waals surface area contributed by atoms with Gasteiger partial charge in [-0.3, -0.25) is 4.68 Å². The molecule has 98 valence electrons. The highest BCUT2D eigenvalue weighted by atomic mass is 35.5. The molecule has 0 saturated carbocycles. The predicted octanol–water partition coefficient (Wildman–Crippen LogP) is 3.76. The fraction of sp³-hybridized carbons (Fsp3) is 0.462. The second-order valence-electron chi connectivity index (χ2n) is 4.70. The van der Waals surface area contributed by atoms with Crippen LogP contribution in [0.3, 0.4) is 0 Å². The van der Waals surface area contributed by atoms with Gasteiger partial charge in [0.15, 0.2) is 0 Å². The molecule has 18 heavy (non-hydrogen) atoms. The van der Waals surface area contributed by atoms with Crippen molar-refractivity contribution in [2.45, 2.75) is 39.3 Å². The fourth-order valence-corrected chi connectivity index (χ4v) is 3.04. The highest BCUT2D eigenvalue weighted by Gasteiger charge is 2.17. The monoisotopic (exact) mass is 284 g/mol. The standard InChI is InChI=1S/C13H17ClN2OS/c1-8(2)16-5-4-10(15-16)6-11(17)13-12(14)9(3)7-18-13/h4-5,7-8,11,17H,6H2,1-3H3. The van der Waals surface area contributed by atoms with Crippen LogP contribution < -0.4 is 0 Å². The lowest BCUT2D eigenvalue weighted by Crippen LogP contribution is -2.05. The average molecular weight is 285 g/mol. The van der Waals surface area contributed by atoms with Gasteiger partial charge in [-0.05, 0) is 37.8 Å². The lowest BCUT2D eigenvalue weighted by Gasteiger charge is -2.08. The van der Waals surface area contributed by atoms with E-state index in [0.717, 1.165) is 16.1 Å². The zero-order valence-corrected chi connectivity index (χ0v) is 12.3. The first-order valence-corrected chi connectivity index (χ1v) is 7.20. The molecule has 3 nitrogen and oxygen atoms in total. The molecule has 2 rings (SSSR count). The summed E-state index contributed by atoms with van der Waals surface area (Å²) in [4.78, 5) is 0.827. The summed E-state index contributed by atoms with van der Waals surface area (Å²) in [6.07, 6.45) is 1.86. The van der Waals surface area contributed by atoms with Crippen LogP contribution in [0.4, 0.5) is 0 Å². The summed E-state index contributed by atoms with van der Waals surface area (Å²) in [6.45, 7) is 6.10. The van der Waals surface area contributed by atoms with Gasteiger partial charge in [-0.15, -0.1) is 11.3 Å². The molecule has 0 fully saturated rings. The van der Waals surface area contributed by atoms with E-state index in [9.17, 15) is 5.11 Å². The molecule has 2 aromatic rings. The van der Waals surface area contributed by atoms with Crippen LogP contribution in [-0.4, -0.2) is 14.9 Å². The maximum atomic E-state index is 10.2. The Morgan fingerprint density at radius 2 is 2.22 bits per heavy atom. The Labute approximate surface area is 116 Å². The molecule has 0 bridgehead atoms. The van der Waals surface area contributed by atoms with Gasteiger partial charge in [0.1, 0.15) is 0 Å².